The van der Waals surface area contributed by atoms with Gasteiger partial charge in [0.05, 0.1) is 18.6 Å². The van der Waals surface area contributed by atoms with Crippen molar-refractivity contribution in [1.82, 2.24) is 4.57 Å². The van der Waals surface area contributed by atoms with Crippen LogP contribution in [0.4, 0.5) is 0 Å². The molecule has 0 fully saturated rings. The van der Waals surface area contributed by atoms with Gasteiger partial charge < -0.3 is 24.5 Å². The summed E-state index contributed by atoms with van der Waals surface area (Å²) in [6.07, 6.45) is 1.85. The number of fused-ring (bicyclic) bond motifs is 2. The van der Waals surface area contributed by atoms with Crippen LogP contribution in [0.2, 0.25) is 0 Å². The largest absolute Gasteiger partial charge is 0.465 e. The maximum atomic E-state index is 12.3. The fourth-order valence-electron chi connectivity index (χ4n) is 3.48. The summed E-state index contributed by atoms with van der Waals surface area (Å²) in [5.74, 6) is -0.318. The molecule has 1 aromatic heterocycles. The van der Waals surface area contributed by atoms with Crippen LogP contribution in [0.15, 0.2) is 42.6 Å². The molecule has 7 heteroatoms. The van der Waals surface area contributed by atoms with Crippen LogP contribution in [0, 0.1) is 0 Å². The standard InChI is InChI=1S/C20H18N2O5/c1-22-9-14(13-5-3-12(7-15(13)22)20(24)25-2)18(19(21)23)11-4-6-16-17(8-11)27-10-26-16/h3-9,18H,10H2,1-2H3,(H2,21,23). The molecule has 4 rings (SSSR count). The molecule has 27 heavy (non-hydrogen) atoms. The lowest BCUT2D eigenvalue weighted by molar-refractivity contribution is -0.118. The van der Waals surface area contributed by atoms with E-state index in [4.69, 9.17) is 19.9 Å². The Morgan fingerprint density at radius 3 is 2.67 bits per heavy atom. The van der Waals surface area contributed by atoms with E-state index in [1.807, 2.05) is 23.9 Å². The van der Waals surface area contributed by atoms with Crippen LogP contribution in [0.1, 0.15) is 27.4 Å². The number of amides is 1. The Balaban J connectivity index is 1.85. The fourth-order valence-corrected chi connectivity index (χ4v) is 3.48. The molecule has 3 aromatic rings. The van der Waals surface area contributed by atoms with Gasteiger partial charge in [-0.1, -0.05) is 12.1 Å². The lowest BCUT2D eigenvalue weighted by Crippen LogP contribution is -2.22. The molecule has 1 amide bonds. The number of benzene rings is 2. The topological polar surface area (TPSA) is 92.8 Å². The Hall–Kier alpha value is -3.48. The van der Waals surface area contributed by atoms with Gasteiger partial charge in [-0.05, 0) is 35.4 Å². The van der Waals surface area contributed by atoms with Crippen molar-refractivity contribution in [1.29, 1.82) is 0 Å². The molecule has 2 N–H and O–H groups in total. The Morgan fingerprint density at radius 1 is 1.15 bits per heavy atom. The number of ether oxygens (including phenoxy) is 3. The van der Waals surface area contributed by atoms with E-state index in [0.717, 1.165) is 22.0 Å². The second-order valence-electron chi connectivity index (χ2n) is 6.37. The van der Waals surface area contributed by atoms with Crippen LogP contribution in [-0.2, 0) is 16.6 Å². The zero-order chi connectivity index (χ0) is 19.1. The smallest absolute Gasteiger partial charge is 0.337 e. The Labute approximate surface area is 155 Å². The van der Waals surface area contributed by atoms with Gasteiger partial charge in [-0.3, -0.25) is 4.79 Å². The summed E-state index contributed by atoms with van der Waals surface area (Å²) in [7, 11) is 3.19. The van der Waals surface area contributed by atoms with E-state index in [9.17, 15) is 9.59 Å². The molecule has 1 aliphatic heterocycles. The summed E-state index contributed by atoms with van der Waals surface area (Å²) in [5, 5.41) is 0.839. The number of carbonyl (C=O) groups is 2. The monoisotopic (exact) mass is 366 g/mol. The van der Waals surface area contributed by atoms with E-state index in [2.05, 4.69) is 0 Å². The Bertz CT molecular complexity index is 1070. The molecule has 0 spiro atoms. The molecular weight excluding hydrogens is 348 g/mol. The van der Waals surface area contributed by atoms with Crippen LogP contribution in [0.3, 0.4) is 0 Å². The number of nitrogens with zero attached hydrogens (tertiary/aromatic N) is 1. The zero-order valence-corrected chi connectivity index (χ0v) is 14.9. The lowest BCUT2D eigenvalue weighted by atomic mass is 9.90. The van der Waals surface area contributed by atoms with Crippen molar-refractivity contribution in [3.8, 4) is 11.5 Å². The second kappa shape index (κ2) is 6.35. The van der Waals surface area contributed by atoms with E-state index < -0.39 is 17.8 Å². The summed E-state index contributed by atoms with van der Waals surface area (Å²) < 4.78 is 17.4. The van der Waals surface area contributed by atoms with Crippen molar-refractivity contribution >= 4 is 22.8 Å². The van der Waals surface area contributed by atoms with Gasteiger partial charge >= 0.3 is 5.97 Å². The minimum Gasteiger partial charge on any atom is -0.465 e. The van der Waals surface area contributed by atoms with Gasteiger partial charge in [0.2, 0.25) is 12.7 Å². The third-order valence-corrected chi connectivity index (χ3v) is 4.77. The molecule has 1 aliphatic rings. The average molecular weight is 366 g/mol. The number of rotatable bonds is 4. The van der Waals surface area contributed by atoms with Gasteiger partial charge in [-0.15, -0.1) is 0 Å². The zero-order valence-electron chi connectivity index (χ0n) is 14.9. The molecule has 138 valence electrons. The second-order valence-corrected chi connectivity index (χ2v) is 6.37. The first-order chi connectivity index (χ1) is 13.0. The molecule has 1 unspecified atom stereocenters. The van der Waals surface area contributed by atoms with E-state index in [1.54, 1.807) is 30.3 Å². The summed E-state index contributed by atoms with van der Waals surface area (Å²) in [6, 6.07) is 10.6. The van der Waals surface area contributed by atoms with Gasteiger partial charge in [-0.25, -0.2) is 4.79 Å². The summed E-state index contributed by atoms with van der Waals surface area (Å²) in [5.41, 5.74) is 8.48. The van der Waals surface area contributed by atoms with Crippen molar-refractivity contribution < 1.29 is 23.8 Å². The molecule has 0 aliphatic carbocycles. The van der Waals surface area contributed by atoms with Crippen LogP contribution < -0.4 is 15.2 Å². The highest BCUT2D eigenvalue weighted by molar-refractivity contribution is 5.98. The van der Waals surface area contributed by atoms with Crippen LogP contribution in [0.5, 0.6) is 11.5 Å². The highest BCUT2D eigenvalue weighted by Gasteiger charge is 2.27. The summed E-state index contributed by atoms with van der Waals surface area (Å²) >= 11 is 0. The van der Waals surface area contributed by atoms with Gasteiger partial charge in [0, 0.05) is 24.1 Å². The van der Waals surface area contributed by atoms with Crippen LogP contribution >= 0.6 is 0 Å². The number of hydrogen-bond donors (Lipinski definition) is 1. The number of primary amides is 1. The molecule has 0 bridgehead atoms. The van der Waals surface area contributed by atoms with Crippen molar-refractivity contribution in [3.05, 3.63) is 59.3 Å². The van der Waals surface area contributed by atoms with Gasteiger partial charge in [0.15, 0.2) is 11.5 Å². The normalized spacial score (nSPS) is 13.6. The third-order valence-electron chi connectivity index (χ3n) is 4.77. The number of hydrogen-bond acceptors (Lipinski definition) is 5. The van der Waals surface area contributed by atoms with Gasteiger partial charge in [0.25, 0.3) is 0 Å². The highest BCUT2D eigenvalue weighted by Crippen LogP contribution is 2.38. The number of methoxy groups -OCH3 is 1. The van der Waals surface area contributed by atoms with Crippen LogP contribution in [-0.4, -0.2) is 30.3 Å². The predicted molar refractivity (Wildman–Crippen MR) is 97.9 cm³/mol. The minimum absolute atomic E-state index is 0.157. The number of esters is 1. The average Bonchev–Trinajstić information content (AvgIpc) is 3.25. The third kappa shape index (κ3) is 2.77. The maximum Gasteiger partial charge on any atom is 0.337 e. The molecule has 0 radical (unpaired) electrons. The molecule has 1 atom stereocenters. The molecule has 0 saturated heterocycles. The quantitative estimate of drug-likeness (QED) is 0.715. The van der Waals surface area contributed by atoms with Crippen molar-refractivity contribution in [2.75, 3.05) is 13.9 Å². The first-order valence-corrected chi connectivity index (χ1v) is 8.35. The summed E-state index contributed by atoms with van der Waals surface area (Å²) in [6.45, 7) is 0.157. The van der Waals surface area contributed by atoms with E-state index in [0.29, 0.717) is 17.1 Å². The van der Waals surface area contributed by atoms with Crippen LogP contribution in [0.25, 0.3) is 10.9 Å². The Morgan fingerprint density at radius 2 is 1.93 bits per heavy atom. The molecule has 2 aromatic carbocycles. The van der Waals surface area contributed by atoms with Crippen molar-refractivity contribution in [3.63, 3.8) is 0 Å². The van der Waals surface area contributed by atoms with E-state index >= 15 is 0 Å². The van der Waals surface area contributed by atoms with E-state index in [-0.39, 0.29) is 6.79 Å². The first-order valence-electron chi connectivity index (χ1n) is 8.35. The SMILES string of the molecule is COC(=O)c1ccc2c(C(C(N)=O)c3ccc4c(c3)OCO4)cn(C)c2c1. The lowest BCUT2D eigenvalue weighted by Gasteiger charge is -2.14. The molecule has 2 heterocycles. The Kier molecular flexibility index (Phi) is 3.99. The predicted octanol–water partition coefficient (Wildman–Crippen LogP) is 2.31. The maximum absolute atomic E-state index is 12.3. The number of nitrogens with two attached hydrogens (primary N) is 1. The van der Waals surface area contributed by atoms with Crippen molar-refractivity contribution in [2.45, 2.75) is 5.92 Å². The number of carbonyl (C=O) groups excluding carboxylic acids is 2. The van der Waals surface area contributed by atoms with E-state index in [1.165, 1.54) is 7.11 Å². The van der Waals surface area contributed by atoms with Gasteiger partial charge in [-0.2, -0.15) is 0 Å². The minimum atomic E-state index is -0.660. The van der Waals surface area contributed by atoms with Crippen molar-refractivity contribution in [2.24, 2.45) is 12.8 Å². The highest BCUT2D eigenvalue weighted by atomic mass is 16.7. The molecular formula is C20H18N2O5. The first kappa shape index (κ1) is 17.0. The molecule has 7 nitrogen and oxygen atoms in total. The van der Waals surface area contributed by atoms with Gasteiger partial charge in [0.1, 0.15) is 0 Å². The summed E-state index contributed by atoms with van der Waals surface area (Å²) in [4.78, 5) is 24.2. The molecule has 0 saturated carbocycles. The number of aromatic nitrogens is 1. The number of aryl methyl sites for hydroxylation is 1. The fraction of sp³-hybridized carbons (Fsp3) is 0.200.